The molecule has 0 aliphatic heterocycles. The fourth-order valence-electron chi connectivity index (χ4n) is 3.26. The summed E-state index contributed by atoms with van der Waals surface area (Å²) in [4.78, 5) is 19.2. The van der Waals surface area contributed by atoms with Crippen LogP contribution in [0.2, 0.25) is 0 Å². The van der Waals surface area contributed by atoms with Gasteiger partial charge in [-0.05, 0) is 31.2 Å². The van der Waals surface area contributed by atoms with Crippen LogP contribution in [0.3, 0.4) is 0 Å². The van der Waals surface area contributed by atoms with E-state index >= 15 is 0 Å². The van der Waals surface area contributed by atoms with E-state index in [1.165, 1.54) is 18.3 Å². The van der Waals surface area contributed by atoms with Gasteiger partial charge in [0.2, 0.25) is 0 Å². The molecule has 0 fully saturated rings. The highest BCUT2D eigenvalue weighted by molar-refractivity contribution is 5.78. The molecule has 0 saturated carbocycles. The lowest BCUT2D eigenvalue weighted by Gasteiger charge is -2.10. The zero-order valence-electron chi connectivity index (χ0n) is 14.8. The molecule has 0 saturated heterocycles. The van der Waals surface area contributed by atoms with E-state index in [-0.39, 0.29) is 23.6 Å². The van der Waals surface area contributed by atoms with Crippen LogP contribution in [0.25, 0.3) is 22.4 Å². The maximum atomic E-state index is 14.2. The Morgan fingerprint density at radius 2 is 2.00 bits per heavy atom. The summed E-state index contributed by atoms with van der Waals surface area (Å²) in [5, 5.41) is 11.0. The fraction of sp³-hybridized carbons (Fsp3) is 0.158. The van der Waals surface area contributed by atoms with Crippen molar-refractivity contribution in [2.75, 3.05) is 0 Å². The van der Waals surface area contributed by atoms with Crippen LogP contribution in [0.15, 0.2) is 48.8 Å². The molecule has 4 rings (SSSR count). The van der Waals surface area contributed by atoms with Gasteiger partial charge in [0, 0.05) is 31.1 Å². The van der Waals surface area contributed by atoms with Crippen LogP contribution >= 0.6 is 0 Å². The average Bonchev–Trinajstić information content (AvgIpc) is 3.27. The molecule has 0 spiro atoms. The van der Waals surface area contributed by atoms with Gasteiger partial charge in [-0.25, -0.2) is 18.7 Å². The highest BCUT2D eigenvalue weighted by Crippen LogP contribution is 2.25. The van der Waals surface area contributed by atoms with E-state index in [1.807, 2.05) is 11.5 Å². The lowest BCUT2D eigenvalue weighted by molar-refractivity contribution is -0.384. The van der Waals surface area contributed by atoms with Gasteiger partial charge in [0.1, 0.15) is 23.3 Å². The van der Waals surface area contributed by atoms with Crippen LogP contribution in [-0.4, -0.2) is 24.0 Å². The molecule has 0 aliphatic rings. The lowest BCUT2D eigenvalue weighted by atomic mass is 10.2. The number of nitrogens with zero attached hydrogens (tertiary/aromatic N) is 5. The van der Waals surface area contributed by atoms with Gasteiger partial charge in [-0.3, -0.25) is 10.1 Å². The number of fused-ring (bicyclic) bond motifs is 1. The molecule has 7 nitrogen and oxygen atoms in total. The molecular formula is C19H15F2N5O2. The van der Waals surface area contributed by atoms with E-state index in [0.717, 1.165) is 23.7 Å². The van der Waals surface area contributed by atoms with Crippen molar-refractivity contribution in [2.45, 2.75) is 20.0 Å². The third-order valence-electron chi connectivity index (χ3n) is 4.53. The molecule has 2 aromatic heterocycles. The minimum absolute atomic E-state index is 0.0371. The number of hydrogen-bond acceptors (Lipinski definition) is 4. The van der Waals surface area contributed by atoms with Crippen molar-refractivity contribution in [1.29, 1.82) is 0 Å². The predicted molar refractivity (Wildman–Crippen MR) is 98.7 cm³/mol. The van der Waals surface area contributed by atoms with Crippen molar-refractivity contribution in [3.05, 3.63) is 76.4 Å². The molecular weight excluding hydrogens is 368 g/mol. The summed E-state index contributed by atoms with van der Waals surface area (Å²) >= 11 is 0. The Morgan fingerprint density at radius 3 is 2.75 bits per heavy atom. The number of aryl methyl sites for hydroxylation is 1. The summed E-state index contributed by atoms with van der Waals surface area (Å²) in [6.07, 6.45) is 3.16. The minimum atomic E-state index is -0.575. The largest absolute Gasteiger partial charge is 0.327 e. The van der Waals surface area contributed by atoms with Crippen LogP contribution in [0.5, 0.6) is 0 Å². The summed E-state index contributed by atoms with van der Waals surface area (Å²) < 4.78 is 31.4. The molecule has 0 N–H and O–H groups in total. The molecule has 0 radical (unpaired) electrons. The Bertz CT molecular complexity index is 1200. The van der Waals surface area contributed by atoms with Gasteiger partial charge in [-0.2, -0.15) is 0 Å². The standard InChI is InChI=1S/C19H15F2N5O2/c1-2-25-17-6-4-13(26(27)28)10-16(17)23-18(25)11-24-8-7-22-19(24)14-9-12(20)3-5-15(14)21/h3-10H,2,11H2,1H3. The van der Waals surface area contributed by atoms with E-state index in [0.29, 0.717) is 17.9 Å². The molecule has 9 heteroatoms. The molecule has 0 aliphatic carbocycles. The summed E-state index contributed by atoms with van der Waals surface area (Å²) in [5.41, 5.74) is 1.29. The lowest BCUT2D eigenvalue weighted by Crippen LogP contribution is -2.09. The van der Waals surface area contributed by atoms with Crippen molar-refractivity contribution in [3.63, 3.8) is 0 Å². The number of hydrogen-bond donors (Lipinski definition) is 0. The minimum Gasteiger partial charge on any atom is -0.327 e. The Kier molecular flexibility index (Phi) is 4.34. The summed E-state index contributed by atoms with van der Waals surface area (Å²) in [6.45, 7) is 2.79. The molecule has 0 atom stereocenters. The van der Waals surface area contributed by atoms with Crippen LogP contribution in [0, 0.1) is 21.7 Å². The van der Waals surface area contributed by atoms with Crippen LogP contribution in [0.1, 0.15) is 12.7 Å². The molecule has 0 amide bonds. The van der Waals surface area contributed by atoms with Crippen LogP contribution < -0.4 is 0 Å². The smallest absolute Gasteiger partial charge is 0.271 e. The van der Waals surface area contributed by atoms with Crippen molar-refractivity contribution in [1.82, 2.24) is 19.1 Å². The Morgan fingerprint density at radius 1 is 1.18 bits per heavy atom. The number of nitro benzene ring substituents is 1. The van der Waals surface area contributed by atoms with Gasteiger partial charge < -0.3 is 9.13 Å². The molecule has 0 unspecified atom stereocenters. The SMILES string of the molecule is CCn1c(Cn2ccnc2-c2cc(F)ccc2F)nc2cc([N+](=O)[O-])ccc21. The first-order valence-electron chi connectivity index (χ1n) is 8.58. The summed E-state index contributed by atoms with van der Waals surface area (Å²) in [7, 11) is 0. The molecule has 142 valence electrons. The van der Waals surface area contributed by atoms with Gasteiger partial charge in [-0.1, -0.05) is 0 Å². The van der Waals surface area contributed by atoms with Crippen LogP contribution in [-0.2, 0) is 13.1 Å². The first-order chi connectivity index (χ1) is 13.5. The van der Waals surface area contributed by atoms with Gasteiger partial charge in [0.05, 0.1) is 28.1 Å². The predicted octanol–water partition coefficient (Wildman–Crippen LogP) is 4.15. The second-order valence-electron chi connectivity index (χ2n) is 6.21. The van der Waals surface area contributed by atoms with Crippen molar-refractivity contribution < 1.29 is 13.7 Å². The molecule has 2 heterocycles. The quantitative estimate of drug-likeness (QED) is 0.383. The maximum absolute atomic E-state index is 14.2. The topological polar surface area (TPSA) is 78.8 Å². The molecule has 28 heavy (non-hydrogen) atoms. The number of nitro groups is 1. The zero-order chi connectivity index (χ0) is 19.8. The Labute approximate surface area is 158 Å². The third kappa shape index (κ3) is 3.00. The Balaban J connectivity index is 1.78. The van der Waals surface area contributed by atoms with E-state index in [1.54, 1.807) is 16.8 Å². The van der Waals surface area contributed by atoms with Crippen LogP contribution in [0.4, 0.5) is 14.5 Å². The Hall–Kier alpha value is -3.62. The second kappa shape index (κ2) is 6.84. The third-order valence-corrected chi connectivity index (χ3v) is 4.53. The van der Waals surface area contributed by atoms with Crippen molar-refractivity contribution >= 4 is 16.7 Å². The average molecular weight is 383 g/mol. The number of halogens is 2. The van der Waals surface area contributed by atoms with Gasteiger partial charge in [0.25, 0.3) is 5.69 Å². The molecule has 4 aromatic rings. The number of aromatic nitrogens is 4. The highest BCUT2D eigenvalue weighted by Gasteiger charge is 2.17. The highest BCUT2D eigenvalue weighted by atomic mass is 19.1. The van der Waals surface area contributed by atoms with E-state index in [9.17, 15) is 18.9 Å². The van der Waals surface area contributed by atoms with Crippen molar-refractivity contribution in [2.24, 2.45) is 0 Å². The number of non-ortho nitro benzene ring substituents is 1. The first kappa shape index (κ1) is 17.8. The van der Waals surface area contributed by atoms with E-state index < -0.39 is 16.6 Å². The second-order valence-corrected chi connectivity index (χ2v) is 6.21. The van der Waals surface area contributed by atoms with E-state index in [4.69, 9.17) is 0 Å². The monoisotopic (exact) mass is 383 g/mol. The van der Waals surface area contributed by atoms with E-state index in [2.05, 4.69) is 9.97 Å². The number of benzene rings is 2. The fourth-order valence-corrected chi connectivity index (χ4v) is 3.26. The summed E-state index contributed by atoms with van der Waals surface area (Å²) in [6, 6.07) is 7.73. The van der Waals surface area contributed by atoms with Gasteiger partial charge in [-0.15, -0.1) is 0 Å². The normalized spacial score (nSPS) is 11.2. The summed E-state index contributed by atoms with van der Waals surface area (Å²) in [5.74, 6) is -0.223. The van der Waals surface area contributed by atoms with Crippen molar-refractivity contribution in [3.8, 4) is 11.4 Å². The molecule has 0 bridgehead atoms. The maximum Gasteiger partial charge on any atom is 0.271 e. The number of rotatable bonds is 5. The first-order valence-corrected chi connectivity index (χ1v) is 8.58. The zero-order valence-corrected chi connectivity index (χ0v) is 14.8. The van der Waals surface area contributed by atoms with Gasteiger partial charge >= 0.3 is 0 Å². The molecule has 2 aromatic carbocycles. The van der Waals surface area contributed by atoms with Gasteiger partial charge in [0.15, 0.2) is 0 Å². The number of imidazole rings is 2.